The monoisotopic (exact) mass is 290 g/mol. The van der Waals surface area contributed by atoms with Crippen molar-refractivity contribution in [2.24, 2.45) is 0 Å². The zero-order valence-corrected chi connectivity index (χ0v) is 12.2. The van der Waals surface area contributed by atoms with Crippen molar-refractivity contribution in [1.29, 1.82) is 0 Å². The Hall–Kier alpha value is -1.90. The Labute approximate surface area is 123 Å². The van der Waals surface area contributed by atoms with Gasteiger partial charge in [-0.1, -0.05) is 12.1 Å². The fraction of sp³-hybridized carbons (Fsp3) is 0. The van der Waals surface area contributed by atoms with Gasteiger partial charge in [0, 0.05) is 0 Å². The Morgan fingerprint density at radius 2 is 0.850 bits per heavy atom. The first-order chi connectivity index (χ1) is 9.88. The van der Waals surface area contributed by atoms with Gasteiger partial charge >= 0.3 is 0 Å². The van der Waals surface area contributed by atoms with E-state index in [0.717, 1.165) is 0 Å². The molecule has 0 spiro atoms. The summed E-state index contributed by atoms with van der Waals surface area (Å²) in [5, 5.41) is 19.7. The highest BCUT2D eigenvalue weighted by Crippen LogP contribution is 2.33. The minimum atomic E-state index is 1.33. The van der Waals surface area contributed by atoms with Crippen LogP contribution in [0.1, 0.15) is 0 Å². The van der Waals surface area contributed by atoms with E-state index in [0.29, 0.717) is 0 Å². The van der Waals surface area contributed by atoms with E-state index in [1.165, 1.54) is 43.1 Å². The van der Waals surface area contributed by atoms with Gasteiger partial charge in [0.25, 0.3) is 0 Å². The van der Waals surface area contributed by atoms with Gasteiger partial charge in [0.05, 0.1) is 0 Å². The molecule has 2 heterocycles. The first-order valence-electron chi connectivity index (χ1n) is 6.57. The molecule has 0 amide bonds. The van der Waals surface area contributed by atoms with Crippen molar-refractivity contribution in [2.45, 2.75) is 0 Å². The number of hydrogen-bond donors (Lipinski definition) is 0. The lowest BCUT2D eigenvalue weighted by Crippen LogP contribution is -1.78. The molecular weight excluding hydrogens is 280 g/mol. The molecule has 2 aromatic heterocycles. The van der Waals surface area contributed by atoms with Crippen LogP contribution in [0.4, 0.5) is 0 Å². The van der Waals surface area contributed by atoms with Gasteiger partial charge in [-0.05, 0) is 88.9 Å². The van der Waals surface area contributed by atoms with Crippen molar-refractivity contribution in [2.75, 3.05) is 0 Å². The molecule has 5 rings (SSSR count). The fourth-order valence-electron chi connectivity index (χ4n) is 2.99. The van der Waals surface area contributed by atoms with Gasteiger partial charge in [0.1, 0.15) is 0 Å². The first kappa shape index (κ1) is 10.8. The topological polar surface area (TPSA) is 0 Å². The lowest BCUT2D eigenvalue weighted by Gasteiger charge is -2.05. The third kappa shape index (κ3) is 1.41. The molecule has 0 saturated heterocycles. The molecule has 0 atom stereocenters. The number of rotatable bonds is 0. The van der Waals surface area contributed by atoms with Crippen LogP contribution in [0, 0.1) is 0 Å². The molecule has 0 aliphatic carbocycles. The van der Waals surface area contributed by atoms with Gasteiger partial charge in [-0.25, -0.2) is 0 Å². The summed E-state index contributed by atoms with van der Waals surface area (Å²) in [6.45, 7) is 0. The Balaban J connectivity index is 2.06. The highest BCUT2D eigenvalue weighted by molar-refractivity contribution is 7.09. The second-order valence-electron chi connectivity index (χ2n) is 5.21. The van der Waals surface area contributed by atoms with E-state index in [1.807, 2.05) is 0 Å². The molecule has 20 heavy (non-hydrogen) atoms. The largest absolute Gasteiger partial charge is 0.151 e. The summed E-state index contributed by atoms with van der Waals surface area (Å²) >= 11 is 3.55. The van der Waals surface area contributed by atoms with Crippen molar-refractivity contribution < 1.29 is 0 Å². The van der Waals surface area contributed by atoms with E-state index in [-0.39, 0.29) is 0 Å². The number of hydrogen-bond acceptors (Lipinski definition) is 2. The van der Waals surface area contributed by atoms with Crippen LogP contribution in [0.15, 0.2) is 57.9 Å². The summed E-state index contributed by atoms with van der Waals surface area (Å²) in [6.07, 6.45) is 0. The fourth-order valence-corrected chi connectivity index (χ4v) is 4.53. The zero-order valence-electron chi connectivity index (χ0n) is 10.6. The van der Waals surface area contributed by atoms with E-state index in [9.17, 15) is 0 Å². The third-order valence-electron chi connectivity index (χ3n) is 4.02. The normalized spacial score (nSPS) is 12.0. The molecule has 0 fully saturated rings. The molecule has 0 saturated carbocycles. The van der Waals surface area contributed by atoms with Gasteiger partial charge in [-0.15, -0.1) is 0 Å². The molecule has 0 bridgehead atoms. The van der Waals surface area contributed by atoms with E-state index in [4.69, 9.17) is 0 Å². The van der Waals surface area contributed by atoms with Crippen LogP contribution < -0.4 is 0 Å². The summed E-state index contributed by atoms with van der Waals surface area (Å²) in [4.78, 5) is 0. The predicted molar refractivity (Wildman–Crippen MR) is 92.2 cm³/mol. The molecular formula is C18H10S2. The van der Waals surface area contributed by atoms with Crippen molar-refractivity contribution in [3.63, 3.8) is 0 Å². The second-order valence-corrected chi connectivity index (χ2v) is 6.70. The molecule has 2 heteroatoms. The average molecular weight is 290 g/mol. The Bertz CT molecular complexity index is 1010. The maximum Gasteiger partial charge on any atom is -0.00143 e. The van der Waals surface area contributed by atoms with Crippen molar-refractivity contribution in [1.82, 2.24) is 0 Å². The molecule has 0 aliphatic heterocycles. The molecule has 0 radical (unpaired) electrons. The molecule has 0 unspecified atom stereocenters. The Kier molecular flexibility index (Phi) is 2.07. The maximum atomic E-state index is 2.34. The van der Waals surface area contributed by atoms with Gasteiger partial charge in [0.2, 0.25) is 0 Å². The van der Waals surface area contributed by atoms with E-state index in [1.54, 1.807) is 22.7 Å². The van der Waals surface area contributed by atoms with Gasteiger partial charge < -0.3 is 0 Å². The highest BCUT2D eigenvalue weighted by Gasteiger charge is 2.05. The molecule has 94 valence electrons. The minimum Gasteiger partial charge on any atom is -0.151 e. The van der Waals surface area contributed by atoms with Crippen LogP contribution in [0.3, 0.4) is 0 Å². The van der Waals surface area contributed by atoms with E-state index in [2.05, 4.69) is 57.9 Å². The van der Waals surface area contributed by atoms with Gasteiger partial charge in [-0.3, -0.25) is 0 Å². The molecule has 0 N–H and O–H groups in total. The van der Waals surface area contributed by atoms with Crippen LogP contribution in [-0.4, -0.2) is 0 Å². The Morgan fingerprint density at radius 3 is 1.30 bits per heavy atom. The van der Waals surface area contributed by atoms with Crippen molar-refractivity contribution >= 4 is 65.8 Å². The van der Waals surface area contributed by atoms with E-state index < -0.39 is 0 Å². The second kappa shape index (κ2) is 3.81. The average Bonchev–Trinajstić information content (AvgIpc) is 3.10. The van der Waals surface area contributed by atoms with Gasteiger partial charge in [0.15, 0.2) is 0 Å². The van der Waals surface area contributed by atoms with Crippen LogP contribution in [0.2, 0.25) is 0 Å². The van der Waals surface area contributed by atoms with Crippen LogP contribution in [-0.2, 0) is 0 Å². The molecule has 5 aromatic rings. The smallest absolute Gasteiger partial charge is 0.00143 e. The summed E-state index contributed by atoms with van der Waals surface area (Å²) in [6, 6.07) is 13.8. The quantitative estimate of drug-likeness (QED) is 0.289. The summed E-state index contributed by atoms with van der Waals surface area (Å²) < 4.78 is 0. The van der Waals surface area contributed by atoms with Crippen molar-refractivity contribution in [3.05, 3.63) is 57.9 Å². The summed E-state index contributed by atoms with van der Waals surface area (Å²) in [7, 11) is 0. The minimum absolute atomic E-state index is 1.33. The highest BCUT2D eigenvalue weighted by atomic mass is 32.1. The lowest BCUT2D eigenvalue weighted by molar-refractivity contribution is 1.88. The lowest BCUT2D eigenvalue weighted by atomic mass is 9.98. The molecule has 3 aromatic carbocycles. The maximum absolute atomic E-state index is 2.34. The van der Waals surface area contributed by atoms with E-state index >= 15 is 0 Å². The van der Waals surface area contributed by atoms with Crippen LogP contribution in [0.5, 0.6) is 0 Å². The first-order valence-corrected chi connectivity index (χ1v) is 8.45. The predicted octanol–water partition coefficient (Wildman–Crippen LogP) is 6.42. The summed E-state index contributed by atoms with van der Waals surface area (Å²) in [5.41, 5.74) is 0. The number of fused-ring (bicyclic) bond motifs is 5. The van der Waals surface area contributed by atoms with Crippen LogP contribution >= 0.6 is 22.7 Å². The number of thiophene rings is 2. The SMILES string of the molecule is c1scc2cc3c(ccc4cc5cscc5cc43)cc12. The van der Waals surface area contributed by atoms with Gasteiger partial charge in [-0.2, -0.15) is 22.7 Å². The Morgan fingerprint density at radius 1 is 0.450 bits per heavy atom. The van der Waals surface area contributed by atoms with Crippen molar-refractivity contribution in [3.8, 4) is 0 Å². The zero-order chi connectivity index (χ0) is 13.1. The number of benzene rings is 3. The molecule has 0 nitrogen and oxygen atoms in total. The third-order valence-corrected chi connectivity index (χ3v) is 5.58. The summed E-state index contributed by atoms with van der Waals surface area (Å²) in [5.74, 6) is 0. The standard InChI is InChI=1S/C18H10S2/c1-2-12-4-14-8-20-10-16(14)6-18(12)17-5-15-9-19-7-13(15)3-11(1)17/h1-10H. The molecule has 0 aliphatic rings. The van der Waals surface area contributed by atoms with Crippen LogP contribution in [0.25, 0.3) is 43.1 Å².